The molecule has 1 saturated heterocycles. The monoisotopic (exact) mass is 560 g/mol. The Morgan fingerprint density at radius 2 is 1.68 bits per heavy atom. The molecule has 0 radical (unpaired) electrons. The van der Waals surface area contributed by atoms with E-state index < -0.39 is 60.4 Å². The zero-order valence-electron chi connectivity index (χ0n) is 23.6. The van der Waals surface area contributed by atoms with E-state index in [-0.39, 0.29) is 48.0 Å². The molecule has 0 aromatic heterocycles. The topological polar surface area (TPSA) is 157 Å². The molecule has 0 unspecified atom stereocenters. The van der Waals surface area contributed by atoms with Crippen molar-refractivity contribution in [3.63, 3.8) is 0 Å². The Kier molecular flexibility index (Phi) is 8.89. The summed E-state index contributed by atoms with van der Waals surface area (Å²) >= 11 is 0. The summed E-state index contributed by atoms with van der Waals surface area (Å²) in [5.74, 6) is -4.87. The highest BCUT2D eigenvalue weighted by Crippen LogP contribution is 2.51. The number of hydrogen-bond acceptors (Lipinski definition) is 9. The van der Waals surface area contributed by atoms with Crippen molar-refractivity contribution in [1.29, 1.82) is 0 Å². The number of allylic oxidation sites excluding steroid dienone is 2. The molecule has 2 fully saturated rings. The van der Waals surface area contributed by atoms with Gasteiger partial charge in [0, 0.05) is 11.5 Å². The van der Waals surface area contributed by atoms with Crippen LogP contribution in [0.1, 0.15) is 53.4 Å². The number of carboxylic acid groups (broad SMARTS) is 1. The molecular weight excluding hydrogens is 520 g/mol. The van der Waals surface area contributed by atoms with Gasteiger partial charge in [-0.15, -0.1) is 0 Å². The second kappa shape index (κ2) is 11.9. The summed E-state index contributed by atoms with van der Waals surface area (Å²) in [5.41, 5.74) is -0.141. The molecule has 10 heteroatoms. The van der Waals surface area contributed by atoms with Crippen LogP contribution in [-0.2, 0) is 33.4 Å². The number of cyclic esters (lactones) is 2. The van der Waals surface area contributed by atoms with Crippen LogP contribution < -0.4 is 0 Å². The predicted octanol–water partition coefficient (Wildman–Crippen LogP) is 2.58. The van der Waals surface area contributed by atoms with E-state index in [4.69, 9.17) is 14.2 Å². The van der Waals surface area contributed by atoms with Crippen molar-refractivity contribution in [1.82, 2.24) is 0 Å². The Morgan fingerprint density at radius 1 is 1.00 bits per heavy atom. The van der Waals surface area contributed by atoms with Gasteiger partial charge >= 0.3 is 23.9 Å². The minimum atomic E-state index is -1.35. The normalized spacial score (nSPS) is 32.6. The molecule has 220 valence electrons. The average Bonchev–Trinajstić information content (AvgIpc) is 3.44. The Balaban J connectivity index is 1.69. The van der Waals surface area contributed by atoms with Gasteiger partial charge in [0.15, 0.2) is 5.60 Å². The molecule has 1 saturated carbocycles. The Labute approximate surface area is 234 Å². The fourth-order valence-corrected chi connectivity index (χ4v) is 7.11. The SMILES string of the molecule is CC(C)[C@H]1CC[C@@]2(OC(=O)/C(=C/[C@H]3C4=C(CC[C@@H]3C(C)C)COC4=O)CO)COC(=O)[C@H]2[C@@H]1/C=C(/CO)C(=O)O. The van der Waals surface area contributed by atoms with Crippen molar-refractivity contribution in [3.8, 4) is 0 Å². The number of rotatable bonds is 9. The molecule has 0 spiro atoms. The van der Waals surface area contributed by atoms with Crippen LogP contribution in [0.4, 0.5) is 0 Å². The first-order chi connectivity index (χ1) is 18.9. The minimum absolute atomic E-state index is 0.0174. The van der Waals surface area contributed by atoms with Gasteiger partial charge in [-0.05, 0) is 60.8 Å². The molecule has 6 atom stereocenters. The predicted molar refractivity (Wildman–Crippen MR) is 141 cm³/mol. The van der Waals surface area contributed by atoms with Crippen LogP contribution >= 0.6 is 0 Å². The number of aliphatic hydroxyl groups excluding tert-OH is 2. The molecule has 2 heterocycles. The highest BCUT2D eigenvalue weighted by atomic mass is 16.6. The van der Waals surface area contributed by atoms with E-state index in [1.54, 1.807) is 6.08 Å². The lowest BCUT2D eigenvalue weighted by Gasteiger charge is -2.45. The summed E-state index contributed by atoms with van der Waals surface area (Å²) in [7, 11) is 0. The standard InChI is InChI=1S/C30H40O10/c1-15(2)20-6-5-17-13-38-28(36)24(17)22(20)10-19(12-32)27(35)40-30-8-7-21(16(3)4)23(9-18(11-31)26(33)34)25(30)29(37)39-14-30/h9-10,15-16,20-23,25,31-32H,5-8,11-14H2,1-4H3,(H,33,34)/b18-9-,19-10+/t20-,21-,22-,23-,25-,30-/m1/s1. The summed E-state index contributed by atoms with van der Waals surface area (Å²) in [5, 5.41) is 29.5. The first-order valence-corrected chi connectivity index (χ1v) is 14.1. The number of ether oxygens (including phenoxy) is 3. The fraction of sp³-hybridized carbons (Fsp3) is 0.667. The molecule has 2 aliphatic heterocycles. The van der Waals surface area contributed by atoms with Gasteiger partial charge in [0.1, 0.15) is 19.1 Å². The first kappa shape index (κ1) is 30.0. The second-order valence-electron chi connectivity index (χ2n) is 12.1. The van der Waals surface area contributed by atoms with Crippen LogP contribution in [0.3, 0.4) is 0 Å². The van der Waals surface area contributed by atoms with Crippen LogP contribution in [0, 0.1) is 41.4 Å². The van der Waals surface area contributed by atoms with Crippen LogP contribution in [0.25, 0.3) is 0 Å². The quantitative estimate of drug-likeness (QED) is 0.218. The number of aliphatic hydroxyl groups is 2. The third-order valence-electron chi connectivity index (χ3n) is 9.27. The van der Waals surface area contributed by atoms with E-state index in [1.807, 2.05) is 13.8 Å². The van der Waals surface area contributed by atoms with Crippen molar-refractivity contribution in [3.05, 3.63) is 34.4 Å². The number of esters is 3. The smallest absolute Gasteiger partial charge is 0.336 e. The molecule has 0 aromatic carbocycles. The molecule has 4 rings (SSSR count). The molecule has 0 bridgehead atoms. The summed E-state index contributed by atoms with van der Waals surface area (Å²) in [4.78, 5) is 51.0. The van der Waals surface area contributed by atoms with Crippen LogP contribution in [0.5, 0.6) is 0 Å². The zero-order valence-corrected chi connectivity index (χ0v) is 23.6. The van der Waals surface area contributed by atoms with Crippen molar-refractivity contribution >= 4 is 23.9 Å². The molecule has 0 aromatic rings. The van der Waals surface area contributed by atoms with Crippen LogP contribution in [-0.4, -0.2) is 71.2 Å². The third-order valence-corrected chi connectivity index (χ3v) is 9.27. The maximum atomic E-state index is 13.6. The number of carbonyl (C=O) groups excluding carboxylic acids is 3. The molecule has 3 N–H and O–H groups in total. The maximum absolute atomic E-state index is 13.6. The summed E-state index contributed by atoms with van der Waals surface area (Å²) < 4.78 is 16.7. The highest BCUT2D eigenvalue weighted by molar-refractivity contribution is 5.94. The van der Waals surface area contributed by atoms with Gasteiger partial charge in [-0.3, -0.25) is 4.79 Å². The second-order valence-corrected chi connectivity index (χ2v) is 12.1. The molecule has 10 nitrogen and oxygen atoms in total. The van der Waals surface area contributed by atoms with Gasteiger partial charge < -0.3 is 29.5 Å². The van der Waals surface area contributed by atoms with E-state index in [0.717, 1.165) is 18.4 Å². The van der Waals surface area contributed by atoms with Gasteiger partial charge in [0.05, 0.1) is 24.4 Å². The van der Waals surface area contributed by atoms with E-state index in [1.165, 1.54) is 6.08 Å². The Morgan fingerprint density at radius 3 is 2.27 bits per heavy atom. The van der Waals surface area contributed by atoms with Gasteiger partial charge in [-0.25, -0.2) is 14.4 Å². The molecule has 4 aliphatic rings. The minimum Gasteiger partial charge on any atom is -0.478 e. The number of fused-ring (bicyclic) bond motifs is 1. The summed E-state index contributed by atoms with van der Waals surface area (Å²) in [6, 6.07) is 0. The average molecular weight is 561 g/mol. The van der Waals surface area contributed by atoms with Crippen molar-refractivity contribution in [2.75, 3.05) is 26.4 Å². The van der Waals surface area contributed by atoms with E-state index in [2.05, 4.69) is 13.8 Å². The molecule has 0 amide bonds. The maximum Gasteiger partial charge on any atom is 0.336 e. The number of aliphatic carboxylic acids is 1. The number of carbonyl (C=O) groups is 4. The number of carboxylic acids is 1. The van der Waals surface area contributed by atoms with Crippen molar-refractivity contribution in [2.24, 2.45) is 41.4 Å². The van der Waals surface area contributed by atoms with E-state index in [0.29, 0.717) is 18.4 Å². The third kappa shape index (κ3) is 5.48. The highest BCUT2D eigenvalue weighted by Gasteiger charge is 2.60. The van der Waals surface area contributed by atoms with E-state index >= 15 is 0 Å². The van der Waals surface area contributed by atoms with Gasteiger partial charge in [0.25, 0.3) is 0 Å². The Hall–Kier alpha value is -2.98. The van der Waals surface area contributed by atoms with Gasteiger partial charge in [-0.2, -0.15) is 0 Å². The zero-order chi connectivity index (χ0) is 29.4. The lowest BCUT2D eigenvalue weighted by molar-refractivity contribution is -0.168. The van der Waals surface area contributed by atoms with Crippen LogP contribution in [0.15, 0.2) is 34.4 Å². The van der Waals surface area contributed by atoms with E-state index in [9.17, 15) is 34.5 Å². The molecular formula is C30H40O10. The number of hydrogen-bond donors (Lipinski definition) is 3. The lowest BCUT2D eigenvalue weighted by Crippen LogP contribution is -2.52. The Bertz CT molecular complexity index is 1150. The van der Waals surface area contributed by atoms with Crippen molar-refractivity contribution in [2.45, 2.75) is 59.0 Å². The summed E-state index contributed by atoms with van der Waals surface area (Å²) in [6.07, 6.45) is 5.44. The van der Waals surface area contributed by atoms with Gasteiger partial charge in [-0.1, -0.05) is 39.8 Å². The fourth-order valence-electron chi connectivity index (χ4n) is 7.11. The van der Waals surface area contributed by atoms with Crippen molar-refractivity contribution < 1.29 is 48.7 Å². The molecule has 2 aliphatic carbocycles. The lowest BCUT2D eigenvalue weighted by atomic mass is 9.62. The molecule has 40 heavy (non-hydrogen) atoms. The van der Waals surface area contributed by atoms with Gasteiger partial charge in [0.2, 0.25) is 0 Å². The van der Waals surface area contributed by atoms with Crippen LogP contribution in [0.2, 0.25) is 0 Å². The largest absolute Gasteiger partial charge is 0.478 e. The summed E-state index contributed by atoms with van der Waals surface area (Å²) in [6.45, 7) is 6.78. The first-order valence-electron chi connectivity index (χ1n) is 14.1.